The number of nitrogens with one attached hydrogen (secondary N) is 1. The maximum Gasteiger partial charge on any atom is 0.264 e. The molecule has 2 aliphatic rings. The Labute approximate surface area is 120 Å². The first-order valence-electron chi connectivity index (χ1n) is 7.88. The van der Waals surface area contributed by atoms with E-state index >= 15 is 0 Å². The van der Waals surface area contributed by atoms with Gasteiger partial charge in [0.1, 0.15) is 6.02 Å². The van der Waals surface area contributed by atoms with Crippen LogP contribution in [0.15, 0.2) is 30.4 Å². The van der Waals surface area contributed by atoms with Gasteiger partial charge in [-0.2, -0.15) is 0 Å². The molecule has 3 rings (SSSR count). The van der Waals surface area contributed by atoms with Gasteiger partial charge < -0.3 is 11.1 Å². The van der Waals surface area contributed by atoms with Crippen molar-refractivity contribution < 1.29 is 19.9 Å². The van der Waals surface area contributed by atoms with E-state index in [1.54, 1.807) is 0 Å². The number of nitrogen functional groups attached to an aromatic ring is 1. The number of carbonyl (C=O) groups excluding carboxylic acids is 3. The molecule has 0 bridgehead atoms. The van der Waals surface area contributed by atoms with Crippen LogP contribution in [0.1, 0.15) is 39.0 Å². The van der Waals surface area contributed by atoms with Gasteiger partial charge in [-0.05, 0) is 24.9 Å². The Morgan fingerprint density at radius 1 is 1.40 bits per heavy atom. The molecule has 6 nitrogen and oxygen atoms in total. The summed E-state index contributed by atoms with van der Waals surface area (Å²) in [5.74, 6) is -2.92. The zero-order chi connectivity index (χ0) is 18.0. The molecular weight excluding hydrogens is 258 g/mol. The van der Waals surface area contributed by atoms with Gasteiger partial charge in [0.05, 0.1) is 16.6 Å². The van der Waals surface area contributed by atoms with Crippen molar-refractivity contribution in [1.29, 1.82) is 0 Å². The van der Waals surface area contributed by atoms with Crippen molar-refractivity contribution in [3.8, 4) is 0 Å². The Balaban J connectivity index is 2.18. The van der Waals surface area contributed by atoms with E-state index < -0.39 is 58.7 Å². The maximum atomic E-state index is 12.7. The summed E-state index contributed by atoms with van der Waals surface area (Å²) in [4.78, 5) is 37.9. The number of allylic oxidation sites excluding steroid dienone is 1. The molecule has 20 heavy (non-hydrogen) atoms. The second-order valence-electron chi connectivity index (χ2n) is 4.49. The van der Waals surface area contributed by atoms with Crippen molar-refractivity contribution >= 4 is 23.4 Å². The van der Waals surface area contributed by atoms with Gasteiger partial charge in [0.2, 0.25) is 5.91 Å². The first-order chi connectivity index (χ1) is 11.1. The molecule has 0 spiro atoms. The highest BCUT2D eigenvalue weighted by Crippen LogP contribution is 2.31. The molecule has 2 aliphatic heterocycles. The number of fused-ring (bicyclic) bond motifs is 1. The second kappa shape index (κ2) is 4.19. The molecule has 6 heteroatoms. The van der Waals surface area contributed by atoms with Crippen LogP contribution in [0.3, 0.4) is 0 Å². The molecule has 1 aromatic rings. The lowest BCUT2D eigenvalue weighted by atomic mass is 10.0. The first-order valence-corrected chi connectivity index (χ1v) is 5.88. The fourth-order valence-electron chi connectivity index (χ4n) is 2.26. The highest BCUT2D eigenvalue weighted by molar-refractivity contribution is 6.25. The van der Waals surface area contributed by atoms with E-state index in [2.05, 4.69) is 11.9 Å². The van der Waals surface area contributed by atoms with Crippen molar-refractivity contribution in [2.24, 2.45) is 0 Å². The molecule has 102 valence electrons. The average Bonchev–Trinajstić information content (AvgIpc) is 2.79. The molecule has 3 amide bonds. The van der Waals surface area contributed by atoms with E-state index in [0.29, 0.717) is 10.6 Å². The molecule has 0 radical (unpaired) electrons. The summed E-state index contributed by atoms with van der Waals surface area (Å²) in [6, 6.07) is -3.94. The SMILES string of the molecule is [2H]c1c([2H])c(N)c2c(c1[2H])C(=O)N([C@]1([2H])CCC(=C)NC1=O)C2=O. The van der Waals surface area contributed by atoms with Gasteiger partial charge in [-0.25, -0.2) is 0 Å². The minimum atomic E-state index is -2.20. The standard InChI is InChI=1S/C14H13N3O3/c1-7-5-6-10(12(18)16-7)17-13(19)8-3-2-4-9(15)11(8)14(17)20/h2-4,10H,1,5-6,15H2,(H,16,18)/t10-/m1/s1/i2D,3D,4D,10D. The fraction of sp³-hybridized carbons (Fsp3) is 0.214. The quantitative estimate of drug-likeness (QED) is 0.581. The van der Waals surface area contributed by atoms with Gasteiger partial charge in [0.15, 0.2) is 0 Å². The molecule has 0 unspecified atom stereocenters. The molecule has 1 atom stereocenters. The van der Waals surface area contributed by atoms with Crippen LogP contribution < -0.4 is 11.1 Å². The minimum absolute atomic E-state index is 0.141. The first kappa shape index (κ1) is 8.52. The van der Waals surface area contributed by atoms with Crippen LogP contribution >= 0.6 is 0 Å². The number of nitrogens with zero attached hydrogens (tertiary/aromatic N) is 1. The van der Waals surface area contributed by atoms with E-state index in [9.17, 15) is 14.4 Å². The molecule has 1 aromatic carbocycles. The van der Waals surface area contributed by atoms with E-state index in [1.165, 1.54) is 0 Å². The molecule has 0 aliphatic carbocycles. The van der Waals surface area contributed by atoms with Gasteiger partial charge in [-0.3, -0.25) is 19.3 Å². The normalized spacial score (nSPS) is 28.5. The van der Waals surface area contributed by atoms with E-state index in [-0.39, 0.29) is 12.8 Å². The highest BCUT2D eigenvalue weighted by atomic mass is 16.2. The van der Waals surface area contributed by atoms with Crippen molar-refractivity contribution in [2.75, 3.05) is 5.73 Å². The smallest absolute Gasteiger partial charge is 0.264 e. The molecule has 2 heterocycles. The van der Waals surface area contributed by atoms with Crippen molar-refractivity contribution in [2.45, 2.75) is 18.9 Å². The summed E-state index contributed by atoms with van der Waals surface area (Å²) < 4.78 is 31.5. The number of hydrogen-bond acceptors (Lipinski definition) is 4. The van der Waals surface area contributed by atoms with Gasteiger partial charge in [0.25, 0.3) is 11.8 Å². The highest BCUT2D eigenvalue weighted by Gasteiger charge is 2.44. The lowest BCUT2D eigenvalue weighted by Gasteiger charge is -2.29. The van der Waals surface area contributed by atoms with Crippen LogP contribution in [0.25, 0.3) is 0 Å². The Hall–Kier alpha value is -2.63. The Morgan fingerprint density at radius 2 is 2.15 bits per heavy atom. The minimum Gasteiger partial charge on any atom is -0.398 e. The Bertz CT molecular complexity index is 807. The molecular formula is C14H13N3O3. The third-order valence-corrected chi connectivity index (χ3v) is 3.22. The largest absolute Gasteiger partial charge is 0.398 e. The summed E-state index contributed by atoms with van der Waals surface area (Å²) in [5.41, 5.74) is 4.82. The number of nitrogens with two attached hydrogens (primary N) is 1. The van der Waals surface area contributed by atoms with Crippen LogP contribution in [0.2, 0.25) is 0 Å². The molecule has 3 N–H and O–H groups in total. The summed E-state index contributed by atoms with van der Waals surface area (Å²) in [5, 5.41) is 2.35. The van der Waals surface area contributed by atoms with Crippen LogP contribution in [-0.2, 0) is 4.79 Å². The summed E-state index contributed by atoms with van der Waals surface area (Å²) >= 11 is 0. The molecule has 0 saturated carbocycles. The van der Waals surface area contributed by atoms with Crippen LogP contribution in [0.4, 0.5) is 5.69 Å². The third-order valence-electron chi connectivity index (χ3n) is 3.22. The number of anilines is 1. The van der Waals surface area contributed by atoms with Crippen molar-refractivity contribution in [3.05, 3.63) is 41.5 Å². The van der Waals surface area contributed by atoms with E-state index in [1.807, 2.05) is 0 Å². The number of rotatable bonds is 1. The van der Waals surface area contributed by atoms with Crippen LogP contribution in [-0.4, -0.2) is 28.6 Å². The zero-order valence-electron chi connectivity index (χ0n) is 14.4. The number of imide groups is 1. The number of hydrogen-bond donors (Lipinski definition) is 2. The van der Waals surface area contributed by atoms with E-state index in [0.717, 1.165) is 0 Å². The second-order valence-corrected chi connectivity index (χ2v) is 4.49. The summed E-state index contributed by atoms with van der Waals surface area (Å²) in [6.07, 6.45) is 0.0666. The molecule has 1 fully saturated rings. The van der Waals surface area contributed by atoms with Crippen molar-refractivity contribution in [3.63, 3.8) is 0 Å². The summed E-state index contributed by atoms with van der Waals surface area (Å²) in [6.45, 7) is 3.58. The Morgan fingerprint density at radius 3 is 2.85 bits per heavy atom. The monoisotopic (exact) mass is 275 g/mol. The lowest BCUT2D eigenvalue weighted by molar-refractivity contribution is -0.125. The molecule has 0 aromatic heterocycles. The van der Waals surface area contributed by atoms with Gasteiger partial charge in [0, 0.05) is 11.4 Å². The maximum absolute atomic E-state index is 12.7. The zero-order valence-corrected chi connectivity index (χ0v) is 10.4. The van der Waals surface area contributed by atoms with Gasteiger partial charge >= 0.3 is 0 Å². The Kier molecular flexibility index (Phi) is 1.79. The van der Waals surface area contributed by atoms with E-state index in [4.69, 9.17) is 11.2 Å². The summed E-state index contributed by atoms with van der Waals surface area (Å²) in [7, 11) is 0. The lowest BCUT2D eigenvalue weighted by Crippen LogP contribution is -2.51. The number of piperidine rings is 1. The average molecular weight is 275 g/mol. The predicted molar refractivity (Wildman–Crippen MR) is 71.7 cm³/mol. The van der Waals surface area contributed by atoms with Gasteiger partial charge in [-0.1, -0.05) is 12.6 Å². The fourth-order valence-corrected chi connectivity index (χ4v) is 2.26. The van der Waals surface area contributed by atoms with Crippen LogP contribution in [0.5, 0.6) is 0 Å². The van der Waals surface area contributed by atoms with Gasteiger partial charge in [-0.15, -0.1) is 0 Å². The number of amides is 3. The van der Waals surface area contributed by atoms with Crippen molar-refractivity contribution in [1.82, 2.24) is 10.2 Å². The third kappa shape index (κ3) is 1.61. The van der Waals surface area contributed by atoms with Crippen LogP contribution in [0, 0.1) is 0 Å². The number of carbonyl (C=O) groups is 3. The predicted octanol–water partition coefficient (Wildman–Crippen LogP) is 0.657. The topological polar surface area (TPSA) is 92.5 Å². The molecule has 1 saturated heterocycles. The number of benzene rings is 1.